The normalized spacial score (nSPS) is 17.7. The lowest BCUT2D eigenvalue weighted by Gasteiger charge is -2.13. The molecule has 0 spiro atoms. The van der Waals surface area contributed by atoms with Gasteiger partial charge in [-0.3, -0.25) is 0 Å². The maximum atomic E-state index is 11.0. The summed E-state index contributed by atoms with van der Waals surface area (Å²) in [4.78, 5) is 13.3. The highest BCUT2D eigenvalue weighted by atomic mass is 32.2. The van der Waals surface area contributed by atoms with Gasteiger partial charge in [0.15, 0.2) is 0 Å². The predicted octanol–water partition coefficient (Wildman–Crippen LogP) is 3.56. The number of benzene rings is 1. The van der Waals surface area contributed by atoms with E-state index in [1.165, 1.54) is 16.0 Å². The van der Waals surface area contributed by atoms with E-state index < -0.39 is 5.97 Å². The highest BCUT2D eigenvalue weighted by molar-refractivity contribution is 8.03. The minimum absolute atomic E-state index is 0.397. The maximum absolute atomic E-state index is 11.0. The summed E-state index contributed by atoms with van der Waals surface area (Å²) in [6, 6.07) is 8.29. The van der Waals surface area contributed by atoms with Crippen LogP contribution >= 0.6 is 11.8 Å². The quantitative estimate of drug-likeness (QED) is 0.834. The van der Waals surface area contributed by atoms with Crippen molar-refractivity contribution in [1.82, 2.24) is 0 Å². The third-order valence-corrected chi connectivity index (χ3v) is 4.37. The molecule has 0 radical (unpaired) electrons. The molecule has 1 heterocycles. The molecule has 0 aromatic heterocycles. The van der Waals surface area contributed by atoms with Crippen molar-refractivity contribution in [2.45, 2.75) is 17.7 Å². The minimum atomic E-state index is -0.848. The van der Waals surface area contributed by atoms with Crippen molar-refractivity contribution in [1.29, 1.82) is 0 Å². The van der Waals surface area contributed by atoms with E-state index in [4.69, 9.17) is 5.11 Å². The van der Waals surface area contributed by atoms with Crippen LogP contribution in [0.3, 0.4) is 0 Å². The number of fused-ring (bicyclic) bond motifs is 2. The number of thioether (sulfide) groups is 1. The summed E-state index contributed by atoms with van der Waals surface area (Å²) in [6.07, 6.45) is 7.42. The summed E-state index contributed by atoms with van der Waals surface area (Å²) in [5.74, 6) is -0.848. The number of carboxylic acids is 1. The van der Waals surface area contributed by atoms with Crippen LogP contribution in [0.5, 0.6) is 0 Å². The molecule has 0 saturated heterocycles. The van der Waals surface area contributed by atoms with E-state index in [-0.39, 0.29) is 0 Å². The van der Waals surface area contributed by atoms with Gasteiger partial charge in [-0.1, -0.05) is 42.1 Å². The van der Waals surface area contributed by atoms with E-state index >= 15 is 0 Å². The Balaban J connectivity index is 2.02. The standard InChI is InChI=1S/C15H12O2S/c16-15(17)12-8-7-11-6-5-10-3-1-2-4-13(10)18-14(11)9-12/h1-4,6,8-9H,5,7H2,(H,16,17). The predicted molar refractivity (Wildman–Crippen MR) is 72.5 cm³/mol. The van der Waals surface area contributed by atoms with Gasteiger partial charge < -0.3 is 5.11 Å². The average Bonchev–Trinajstić information content (AvgIpc) is 2.56. The molecule has 0 atom stereocenters. The van der Waals surface area contributed by atoms with Crippen molar-refractivity contribution < 1.29 is 9.90 Å². The van der Waals surface area contributed by atoms with Crippen LogP contribution in [0.2, 0.25) is 0 Å². The summed E-state index contributed by atoms with van der Waals surface area (Å²) in [5, 5.41) is 9.05. The van der Waals surface area contributed by atoms with Crippen LogP contribution in [0.1, 0.15) is 12.0 Å². The first-order valence-electron chi connectivity index (χ1n) is 5.84. The van der Waals surface area contributed by atoms with Crippen molar-refractivity contribution in [2.75, 3.05) is 0 Å². The first kappa shape index (κ1) is 11.4. The van der Waals surface area contributed by atoms with Crippen LogP contribution in [-0.4, -0.2) is 11.1 Å². The summed E-state index contributed by atoms with van der Waals surface area (Å²) >= 11 is 1.67. The molecule has 3 rings (SSSR count). The minimum Gasteiger partial charge on any atom is -0.478 e. The Kier molecular flexibility index (Phi) is 2.84. The summed E-state index contributed by atoms with van der Waals surface area (Å²) in [6.45, 7) is 0. The van der Waals surface area contributed by atoms with Gasteiger partial charge in [0.05, 0.1) is 5.57 Å². The van der Waals surface area contributed by atoms with Gasteiger partial charge in [0, 0.05) is 9.80 Å². The van der Waals surface area contributed by atoms with Gasteiger partial charge in [-0.25, -0.2) is 4.79 Å². The van der Waals surface area contributed by atoms with Crippen molar-refractivity contribution in [3.05, 3.63) is 64.1 Å². The van der Waals surface area contributed by atoms with Gasteiger partial charge in [-0.05, 0) is 36.1 Å². The fourth-order valence-corrected chi connectivity index (χ4v) is 3.31. The number of allylic oxidation sites excluding steroid dienone is 3. The number of hydrogen-bond acceptors (Lipinski definition) is 2. The third-order valence-electron chi connectivity index (χ3n) is 3.15. The Morgan fingerprint density at radius 2 is 2.00 bits per heavy atom. The van der Waals surface area contributed by atoms with Crippen molar-refractivity contribution in [2.24, 2.45) is 0 Å². The molecule has 3 heteroatoms. The second-order valence-electron chi connectivity index (χ2n) is 4.32. The highest BCUT2D eigenvalue weighted by Gasteiger charge is 2.19. The molecular weight excluding hydrogens is 244 g/mol. The number of rotatable bonds is 1. The Labute approximate surface area is 110 Å². The van der Waals surface area contributed by atoms with Gasteiger partial charge in [0.1, 0.15) is 0 Å². The van der Waals surface area contributed by atoms with Gasteiger partial charge >= 0.3 is 5.97 Å². The molecule has 1 aromatic carbocycles. The monoisotopic (exact) mass is 256 g/mol. The molecule has 90 valence electrons. The largest absolute Gasteiger partial charge is 0.478 e. The SMILES string of the molecule is O=C(O)C1=CCC2=CCc3ccccc3SC2=C1. The highest BCUT2D eigenvalue weighted by Crippen LogP contribution is 2.41. The van der Waals surface area contributed by atoms with Gasteiger partial charge in [-0.2, -0.15) is 0 Å². The average molecular weight is 256 g/mol. The molecule has 0 unspecified atom stereocenters. The number of carbonyl (C=O) groups is 1. The van der Waals surface area contributed by atoms with E-state index in [9.17, 15) is 4.79 Å². The molecule has 1 N–H and O–H groups in total. The van der Waals surface area contributed by atoms with E-state index in [0.29, 0.717) is 12.0 Å². The van der Waals surface area contributed by atoms with Gasteiger partial charge in [0.25, 0.3) is 0 Å². The Bertz CT molecular complexity index is 609. The molecular formula is C15H12O2S. The zero-order chi connectivity index (χ0) is 12.5. The summed E-state index contributed by atoms with van der Waals surface area (Å²) < 4.78 is 0. The molecule has 2 aliphatic rings. The third kappa shape index (κ3) is 2.02. The first-order valence-corrected chi connectivity index (χ1v) is 6.66. The van der Waals surface area contributed by atoms with Crippen LogP contribution in [0.4, 0.5) is 0 Å². The van der Waals surface area contributed by atoms with Gasteiger partial charge in [0.2, 0.25) is 0 Å². The fourth-order valence-electron chi connectivity index (χ4n) is 2.16. The molecule has 1 aliphatic heterocycles. The zero-order valence-corrected chi connectivity index (χ0v) is 10.5. The van der Waals surface area contributed by atoms with E-state index in [2.05, 4.69) is 18.2 Å². The fraction of sp³-hybridized carbons (Fsp3) is 0.133. The van der Waals surface area contributed by atoms with Crippen LogP contribution < -0.4 is 0 Å². The zero-order valence-electron chi connectivity index (χ0n) is 9.72. The molecule has 0 bridgehead atoms. The van der Waals surface area contributed by atoms with Crippen molar-refractivity contribution in [3.63, 3.8) is 0 Å². The van der Waals surface area contributed by atoms with Crippen molar-refractivity contribution in [3.8, 4) is 0 Å². The van der Waals surface area contributed by atoms with Gasteiger partial charge in [-0.15, -0.1) is 0 Å². The molecule has 0 amide bonds. The smallest absolute Gasteiger partial charge is 0.335 e. The summed E-state index contributed by atoms with van der Waals surface area (Å²) in [7, 11) is 0. The molecule has 1 aliphatic carbocycles. The summed E-state index contributed by atoms with van der Waals surface area (Å²) in [5.41, 5.74) is 2.94. The first-order chi connectivity index (χ1) is 8.74. The Morgan fingerprint density at radius 3 is 2.83 bits per heavy atom. The van der Waals surface area contributed by atoms with E-state index in [1.54, 1.807) is 23.9 Å². The molecule has 2 nitrogen and oxygen atoms in total. The number of aliphatic carboxylic acids is 1. The number of hydrogen-bond donors (Lipinski definition) is 1. The second kappa shape index (κ2) is 4.50. The van der Waals surface area contributed by atoms with Crippen LogP contribution in [0.25, 0.3) is 0 Å². The molecule has 0 saturated carbocycles. The lowest BCUT2D eigenvalue weighted by Crippen LogP contribution is -2.03. The number of carboxylic acid groups (broad SMARTS) is 1. The van der Waals surface area contributed by atoms with E-state index in [0.717, 1.165) is 11.3 Å². The molecule has 1 aromatic rings. The Hall–Kier alpha value is -1.74. The topological polar surface area (TPSA) is 37.3 Å². The van der Waals surface area contributed by atoms with Crippen molar-refractivity contribution >= 4 is 17.7 Å². The lowest BCUT2D eigenvalue weighted by molar-refractivity contribution is -0.132. The van der Waals surface area contributed by atoms with E-state index in [1.807, 2.05) is 12.1 Å². The second-order valence-corrected chi connectivity index (χ2v) is 5.40. The maximum Gasteiger partial charge on any atom is 0.335 e. The Morgan fingerprint density at radius 1 is 1.17 bits per heavy atom. The van der Waals surface area contributed by atoms with Crippen LogP contribution in [0.15, 0.2) is 63.4 Å². The van der Waals surface area contributed by atoms with Crippen LogP contribution in [-0.2, 0) is 11.2 Å². The molecule has 18 heavy (non-hydrogen) atoms. The lowest BCUT2D eigenvalue weighted by atomic mass is 10.00. The van der Waals surface area contributed by atoms with Crippen LogP contribution in [0, 0.1) is 0 Å². The molecule has 0 fully saturated rings.